The van der Waals surface area contributed by atoms with Gasteiger partial charge in [0.2, 0.25) is 5.91 Å². The fourth-order valence-corrected chi connectivity index (χ4v) is 2.96. The monoisotopic (exact) mass is 296 g/mol. The summed E-state index contributed by atoms with van der Waals surface area (Å²) in [5, 5.41) is 6.04. The Morgan fingerprint density at radius 1 is 1.14 bits per heavy atom. The average molecular weight is 296 g/mol. The third-order valence-electron chi connectivity index (χ3n) is 3.44. The van der Waals surface area contributed by atoms with E-state index in [1.807, 2.05) is 60.8 Å². The standard InChI is InChI=1S/C17H16N2OS/c1-11-2-4-12(5-3-11)16(18)17(20)19-14-6-7-15-13(10-14)8-9-21-15/h2-10,16H,18H2,1H3,(H,19,20). The number of benzene rings is 2. The molecule has 1 heterocycles. The molecule has 0 radical (unpaired) electrons. The summed E-state index contributed by atoms with van der Waals surface area (Å²) in [7, 11) is 0. The van der Waals surface area contributed by atoms with Crippen molar-refractivity contribution in [3.05, 3.63) is 65.0 Å². The molecule has 0 aliphatic carbocycles. The summed E-state index contributed by atoms with van der Waals surface area (Å²) >= 11 is 1.68. The van der Waals surface area contributed by atoms with E-state index >= 15 is 0 Å². The van der Waals surface area contributed by atoms with Gasteiger partial charge in [0.25, 0.3) is 0 Å². The van der Waals surface area contributed by atoms with Crippen molar-refractivity contribution in [1.29, 1.82) is 0 Å². The largest absolute Gasteiger partial charge is 0.324 e. The highest BCUT2D eigenvalue weighted by atomic mass is 32.1. The molecule has 2 aromatic carbocycles. The summed E-state index contributed by atoms with van der Waals surface area (Å²) < 4.78 is 1.20. The summed E-state index contributed by atoms with van der Waals surface area (Å²) in [4.78, 5) is 12.2. The minimum atomic E-state index is -0.663. The van der Waals surface area contributed by atoms with Crippen molar-refractivity contribution in [2.24, 2.45) is 5.73 Å². The zero-order chi connectivity index (χ0) is 14.8. The molecule has 0 saturated heterocycles. The molecule has 3 rings (SSSR count). The van der Waals surface area contributed by atoms with E-state index in [4.69, 9.17) is 5.73 Å². The van der Waals surface area contributed by atoms with Crippen LogP contribution >= 0.6 is 11.3 Å². The smallest absolute Gasteiger partial charge is 0.245 e. The summed E-state index contributed by atoms with van der Waals surface area (Å²) in [5.41, 5.74) is 8.75. The van der Waals surface area contributed by atoms with Crippen molar-refractivity contribution < 1.29 is 4.79 Å². The first-order valence-corrected chi connectivity index (χ1v) is 7.62. The van der Waals surface area contributed by atoms with E-state index in [9.17, 15) is 4.79 Å². The van der Waals surface area contributed by atoms with E-state index in [2.05, 4.69) is 5.32 Å². The molecule has 4 heteroatoms. The summed E-state index contributed by atoms with van der Waals surface area (Å²) in [5.74, 6) is -0.201. The van der Waals surface area contributed by atoms with Gasteiger partial charge in [0.05, 0.1) is 0 Å². The first-order chi connectivity index (χ1) is 10.1. The van der Waals surface area contributed by atoms with E-state index in [-0.39, 0.29) is 5.91 Å². The molecule has 21 heavy (non-hydrogen) atoms. The Hall–Kier alpha value is -2.17. The number of hydrogen-bond donors (Lipinski definition) is 2. The lowest BCUT2D eigenvalue weighted by molar-refractivity contribution is -0.117. The highest BCUT2D eigenvalue weighted by molar-refractivity contribution is 7.17. The molecule has 0 bridgehead atoms. The van der Waals surface area contributed by atoms with Gasteiger partial charge in [-0.25, -0.2) is 0 Å². The molecule has 0 spiro atoms. The van der Waals surface area contributed by atoms with E-state index in [0.29, 0.717) is 0 Å². The topological polar surface area (TPSA) is 55.1 Å². The molecule has 1 atom stereocenters. The van der Waals surface area contributed by atoms with Crippen LogP contribution < -0.4 is 11.1 Å². The predicted molar refractivity (Wildman–Crippen MR) is 88.6 cm³/mol. The molecule has 1 unspecified atom stereocenters. The molecule has 0 aliphatic heterocycles. The summed E-state index contributed by atoms with van der Waals surface area (Å²) in [6.45, 7) is 2.01. The van der Waals surface area contributed by atoms with Gasteiger partial charge in [-0.3, -0.25) is 4.79 Å². The van der Waals surface area contributed by atoms with Gasteiger partial charge in [0.15, 0.2) is 0 Å². The Bertz CT molecular complexity index is 777. The van der Waals surface area contributed by atoms with Crippen LogP contribution in [0.3, 0.4) is 0 Å². The molecule has 0 aliphatic rings. The minimum absolute atomic E-state index is 0.201. The quantitative estimate of drug-likeness (QED) is 0.771. The molecule has 1 aromatic heterocycles. The first kappa shape index (κ1) is 13.8. The summed E-state index contributed by atoms with van der Waals surface area (Å²) in [6.07, 6.45) is 0. The lowest BCUT2D eigenvalue weighted by Gasteiger charge is -2.13. The normalized spacial score (nSPS) is 12.3. The van der Waals surface area contributed by atoms with Gasteiger partial charge in [0.1, 0.15) is 6.04 Å². The molecule has 1 amide bonds. The van der Waals surface area contributed by atoms with Crippen LogP contribution in [0.5, 0.6) is 0 Å². The number of fused-ring (bicyclic) bond motifs is 1. The fraction of sp³-hybridized carbons (Fsp3) is 0.118. The van der Waals surface area contributed by atoms with E-state index < -0.39 is 6.04 Å². The van der Waals surface area contributed by atoms with E-state index in [1.165, 1.54) is 4.70 Å². The highest BCUT2D eigenvalue weighted by Crippen LogP contribution is 2.24. The van der Waals surface area contributed by atoms with Crippen LogP contribution in [-0.2, 0) is 4.79 Å². The van der Waals surface area contributed by atoms with Crippen molar-refractivity contribution in [3.8, 4) is 0 Å². The maximum absolute atomic E-state index is 12.2. The van der Waals surface area contributed by atoms with Gasteiger partial charge in [-0.1, -0.05) is 29.8 Å². The Morgan fingerprint density at radius 3 is 2.67 bits per heavy atom. The second-order valence-electron chi connectivity index (χ2n) is 5.05. The number of aryl methyl sites for hydroxylation is 1. The van der Waals surface area contributed by atoms with Crippen LogP contribution in [0.25, 0.3) is 10.1 Å². The van der Waals surface area contributed by atoms with Crippen molar-refractivity contribution in [2.45, 2.75) is 13.0 Å². The molecule has 3 nitrogen and oxygen atoms in total. The number of hydrogen-bond acceptors (Lipinski definition) is 3. The molecular formula is C17H16N2OS. The fourth-order valence-electron chi connectivity index (χ4n) is 2.19. The molecule has 0 fully saturated rings. The van der Waals surface area contributed by atoms with Crippen molar-refractivity contribution in [3.63, 3.8) is 0 Å². The molecule has 3 N–H and O–H groups in total. The third kappa shape index (κ3) is 2.96. The van der Waals surface area contributed by atoms with Gasteiger partial charge in [-0.05, 0) is 47.5 Å². The van der Waals surface area contributed by atoms with Crippen molar-refractivity contribution in [1.82, 2.24) is 0 Å². The molecule has 106 valence electrons. The van der Waals surface area contributed by atoms with Crippen LogP contribution in [0, 0.1) is 6.92 Å². The van der Waals surface area contributed by atoms with Gasteiger partial charge < -0.3 is 11.1 Å². The first-order valence-electron chi connectivity index (χ1n) is 6.74. The lowest BCUT2D eigenvalue weighted by Crippen LogP contribution is -2.27. The zero-order valence-corrected chi connectivity index (χ0v) is 12.5. The van der Waals surface area contributed by atoms with Crippen LogP contribution in [0.15, 0.2) is 53.9 Å². The second kappa shape index (κ2) is 5.68. The maximum atomic E-state index is 12.2. The number of carbonyl (C=O) groups excluding carboxylic acids is 1. The molecular weight excluding hydrogens is 280 g/mol. The van der Waals surface area contributed by atoms with Crippen molar-refractivity contribution >= 4 is 33.0 Å². The number of nitrogens with two attached hydrogens (primary N) is 1. The number of rotatable bonds is 3. The maximum Gasteiger partial charge on any atom is 0.245 e. The average Bonchev–Trinajstić information content (AvgIpc) is 2.95. The van der Waals surface area contributed by atoms with Gasteiger partial charge in [-0.15, -0.1) is 11.3 Å². The van der Waals surface area contributed by atoms with Crippen molar-refractivity contribution in [2.75, 3.05) is 5.32 Å². The molecule has 3 aromatic rings. The van der Waals surface area contributed by atoms with Crippen LogP contribution in [-0.4, -0.2) is 5.91 Å². The summed E-state index contributed by atoms with van der Waals surface area (Å²) in [6, 6.07) is 14.9. The minimum Gasteiger partial charge on any atom is -0.324 e. The van der Waals surface area contributed by atoms with E-state index in [0.717, 1.165) is 22.2 Å². The zero-order valence-electron chi connectivity index (χ0n) is 11.7. The molecule has 0 saturated carbocycles. The van der Waals surface area contributed by atoms with Gasteiger partial charge >= 0.3 is 0 Å². The highest BCUT2D eigenvalue weighted by Gasteiger charge is 2.15. The second-order valence-corrected chi connectivity index (χ2v) is 6.00. The Labute approximate surface area is 127 Å². The number of nitrogens with one attached hydrogen (secondary N) is 1. The SMILES string of the molecule is Cc1ccc(C(N)C(=O)Nc2ccc3sccc3c2)cc1. The van der Waals surface area contributed by atoms with Gasteiger partial charge in [0, 0.05) is 10.4 Å². The van der Waals surface area contributed by atoms with Crippen LogP contribution in [0.1, 0.15) is 17.2 Å². The predicted octanol–water partition coefficient (Wildman–Crippen LogP) is 3.85. The van der Waals surface area contributed by atoms with E-state index in [1.54, 1.807) is 11.3 Å². The van der Waals surface area contributed by atoms with Crippen LogP contribution in [0.2, 0.25) is 0 Å². The Balaban J connectivity index is 1.77. The Kier molecular flexibility index (Phi) is 3.73. The lowest BCUT2D eigenvalue weighted by atomic mass is 10.1. The number of anilines is 1. The number of amides is 1. The van der Waals surface area contributed by atoms with Crippen LogP contribution in [0.4, 0.5) is 5.69 Å². The Morgan fingerprint density at radius 2 is 1.90 bits per heavy atom. The number of thiophene rings is 1. The van der Waals surface area contributed by atoms with Gasteiger partial charge in [-0.2, -0.15) is 0 Å². The third-order valence-corrected chi connectivity index (χ3v) is 4.34. The number of carbonyl (C=O) groups is 1.